The zero-order valence-electron chi connectivity index (χ0n) is 7.97. The number of aliphatic imine (C=N–C) groups is 1. The second kappa shape index (κ2) is 5.15. The van der Waals surface area contributed by atoms with Crippen LogP contribution in [0.15, 0.2) is 28.4 Å². The summed E-state index contributed by atoms with van der Waals surface area (Å²) >= 11 is 5.85. The Bertz CT molecular complexity index is 196. The number of allylic oxidation sites excluding steroid dienone is 3. The molecule has 1 nitrogen and oxygen atoms in total. The maximum absolute atomic E-state index is 5.85. The van der Waals surface area contributed by atoms with E-state index in [-0.39, 0.29) is 5.41 Å². The van der Waals surface area contributed by atoms with Crippen molar-refractivity contribution in [1.29, 1.82) is 0 Å². The summed E-state index contributed by atoms with van der Waals surface area (Å²) in [4.78, 5) is 3.56. The maximum atomic E-state index is 5.85. The smallest absolute Gasteiger partial charge is 0.0381 e. The molecular weight excluding hydrogens is 170 g/mol. The number of hydrogen-bond donors (Lipinski definition) is 0. The van der Waals surface area contributed by atoms with Gasteiger partial charge < -0.3 is 0 Å². The molecule has 0 bridgehead atoms. The van der Waals surface area contributed by atoms with Gasteiger partial charge >= 0.3 is 0 Å². The molecule has 0 saturated heterocycles. The summed E-state index contributed by atoms with van der Waals surface area (Å²) in [7, 11) is 0. The van der Waals surface area contributed by atoms with Crippen LogP contribution in [0, 0.1) is 5.41 Å². The minimum absolute atomic E-state index is 0.287. The second-order valence-electron chi connectivity index (χ2n) is 3.85. The quantitative estimate of drug-likeness (QED) is 0.469. The van der Waals surface area contributed by atoms with Gasteiger partial charge in [-0.1, -0.05) is 38.4 Å². The van der Waals surface area contributed by atoms with E-state index in [0.29, 0.717) is 0 Å². The van der Waals surface area contributed by atoms with Gasteiger partial charge in [0.15, 0.2) is 0 Å². The predicted molar refractivity (Wildman–Crippen MR) is 56.7 cm³/mol. The Morgan fingerprint density at radius 2 is 2.08 bits per heavy atom. The fourth-order valence-electron chi connectivity index (χ4n) is 0.596. The van der Waals surface area contributed by atoms with E-state index in [1.165, 1.54) is 0 Å². The summed E-state index contributed by atoms with van der Waals surface area (Å²) in [6.45, 7) is 9.83. The van der Waals surface area contributed by atoms with E-state index in [1.54, 1.807) is 12.3 Å². The molecule has 0 spiro atoms. The van der Waals surface area contributed by atoms with E-state index < -0.39 is 0 Å². The Hall–Kier alpha value is -0.560. The summed E-state index contributed by atoms with van der Waals surface area (Å²) in [5.74, 6) is 0. The lowest BCUT2D eigenvalue weighted by Gasteiger charge is -2.14. The first kappa shape index (κ1) is 11.4. The molecule has 68 valence electrons. The highest BCUT2D eigenvalue weighted by Gasteiger charge is 2.06. The van der Waals surface area contributed by atoms with Crippen LogP contribution in [0.1, 0.15) is 27.2 Å². The lowest BCUT2D eigenvalue weighted by atomic mass is 9.92. The topological polar surface area (TPSA) is 12.4 Å². The van der Waals surface area contributed by atoms with Crippen LogP contribution in [-0.2, 0) is 0 Å². The molecule has 0 heterocycles. The molecule has 0 amide bonds. The monoisotopic (exact) mass is 185 g/mol. The van der Waals surface area contributed by atoms with Crippen LogP contribution in [0.5, 0.6) is 0 Å². The molecule has 0 fully saturated rings. The third-order valence-electron chi connectivity index (χ3n) is 1.25. The molecular formula is C10H16ClN. The lowest BCUT2D eigenvalue weighted by molar-refractivity contribution is 0.420. The van der Waals surface area contributed by atoms with Crippen molar-refractivity contribution in [3.63, 3.8) is 0 Å². The summed E-state index contributed by atoms with van der Waals surface area (Å²) in [5, 5.41) is 0.720. The Balaban J connectivity index is 4.01. The van der Waals surface area contributed by atoms with Gasteiger partial charge in [-0.25, -0.2) is 0 Å². The fraction of sp³-hybridized carbons (Fsp3) is 0.500. The molecule has 0 radical (unpaired) electrons. The Morgan fingerprint density at radius 3 is 2.50 bits per heavy atom. The number of rotatable bonds is 3. The largest absolute Gasteiger partial charge is 0.272 e. The van der Waals surface area contributed by atoms with E-state index in [2.05, 4.69) is 32.5 Å². The van der Waals surface area contributed by atoms with Crippen molar-refractivity contribution in [3.05, 3.63) is 23.4 Å². The third-order valence-corrected chi connectivity index (χ3v) is 1.53. The molecule has 0 atom stereocenters. The van der Waals surface area contributed by atoms with E-state index in [9.17, 15) is 0 Å². The molecule has 2 heteroatoms. The van der Waals surface area contributed by atoms with Gasteiger partial charge in [-0.15, -0.1) is 0 Å². The van der Waals surface area contributed by atoms with Gasteiger partial charge in [-0.05, 0) is 24.6 Å². The summed E-state index contributed by atoms with van der Waals surface area (Å²) in [6, 6.07) is 0. The molecule has 12 heavy (non-hydrogen) atoms. The van der Waals surface area contributed by atoms with Gasteiger partial charge in [0.25, 0.3) is 0 Å². The zero-order valence-corrected chi connectivity index (χ0v) is 8.73. The van der Waals surface area contributed by atoms with Gasteiger partial charge in [0.1, 0.15) is 0 Å². The van der Waals surface area contributed by atoms with Gasteiger partial charge in [-0.3, -0.25) is 4.99 Å². The van der Waals surface area contributed by atoms with Crippen LogP contribution in [0.25, 0.3) is 0 Å². The Labute approximate surface area is 79.8 Å². The number of nitrogens with zero attached hydrogens (tertiary/aromatic N) is 1. The third kappa shape index (κ3) is 7.55. The highest BCUT2D eigenvalue weighted by molar-refractivity contribution is 6.31. The minimum atomic E-state index is 0.287. The average Bonchev–Trinajstić information content (AvgIpc) is 1.95. The SMILES string of the molecule is C=NC=CC(Cl)=CCC(C)(C)C. The van der Waals surface area contributed by atoms with Crippen LogP contribution in [0.2, 0.25) is 0 Å². The normalized spacial score (nSPS) is 13.8. The van der Waals surface area contributed by atoms with Gasteiger partial charge in [-0.2, -0.15) is 0 Å². The molecule has 0 aliphatic heterocycles. The molecule has 0 rings (SSSR count). The van der Waals surface area contributed by atoms with Crippen molar-refractivity contribution < 1.29 is 0 Å². The summed E-state index contributed by atoms with van der Waals surface area (Å²) < 4.78 is 0. The maximum Gasteiger partial charge on any atom is 0.0381 e. The minimum Gasteiger partial charge on any atom is -0.272 e. The molecule has 0 saturated carbocycles. The first-order valence-electron chi connectivity index (χ1n) is 3.94. The zero-order chi connectivity index (χ0) is 9.61. The molecule has 0 unspecified atom stereocenters. The second-order valence-corrected chi connectivity index (χ2v) is 4.29. The molecule has 0 aromatic heterocycles. The van der Waals surface area contributed by atoms with E-state index in [1.807, 2.05) is 6.08 Å². The molecule has 0 N–H and O–H groups in total. The Kier molecular flexibility index (Phi) is 4.91. The van der Waals surface area contributed by atoms with Crippen LogP contribution in [0.3, 0.4) is 0 Å². The van der Waals surface area contributed by atoms with Gasteiger partial charge in [0, 0.05) is 11.2 Å². The molecule has 0 aliphatic rings. The van der Waals surface area contributed by atoms with E-state index in [4.69, 9.17) is 11.6 Å². The van der Waals surface area contributed by atoms with Crippen molar-refractivity contribution in [2.24, 2.45) is 10.4 Å². The predicted octanol–water partition coefficient (Wildman–Crippen LogP) is 3.76. The van der Waals surface area contributed by atoms with Crippen molar-refractivity contribution in [2.75, 3.05) is 0 Å². The van der Waals surface area contributed by atoms with E-state index >= 15 is 0 Å². The van der Waals surface area contributed by atoms with Crippen molar-refractivity contribution >= 4 is 18.3 Å². The number of hydrogen-bond acceptors (Lipinski definition) is 1. The highest BCUT2D eigenvalue weighted by Crippen LogP contribution is 2.21. The van der Waals surface area contributed by atoms with Gasteiger partial charge in [0.05, 0.1) is 0 Å². The first-order chi connectivity index (χ1) is 5.45. The van der Waals surface area contributed by atoms with Crippen LogP contribution >= 0.6 is 11.6 Å². The molecule has 0 aliphatic carbocycles. The van der Waals surface area contributed by atoms with Crippen LogP contribution in [-0.4, -0.2) is 6.72 Å². The van der Waals surface area contributed by atoms with Crippen molar-refractivity contribution in [3.8, 4) is 0 Å². The average molecular weight is 186 g/mol. The summed E-state index contributed by atoms with van der Waals surface area (Å²) in [6.07, 6.45) is 6.28. The lowest BCUT2D eigenvalue weighted by Crippen LogP contribution is -2.01. The summed E-state index contributed by atoms with van der Waals surface area (Å²) in [5.41, 5.74) is 0.287. The molecule has 0 aromatic carbocycles. The standard InChI is InChI=1S/C10H16ClN/c1-10(2,3)7-5-9(11)6-8-12-4/h5-6,8H,4,7H2,1-3H3. The Morgan fingerprint density at radius 1 is 1.50 bits per heavy atom. The van der Waals surface area contributed by atoms with Crippen molar-refractivity contribution in [2.45, 2.75) is 27.2 Å². The fourth-order valence-corrected chi connectivity index (χ4v) is 0.729. The van der Waals surface area contributed by atoms with Gasteiger partial charge in [0.2, 0.25) is 0 Å². The molecule has 0 aromatic rings. The van der Waals surface area contributed by atoms with Crippen molar-refractivity contribution in [1.82, 2.24) is 0 Å². The number of halogens is 1. The van der Waals surface area contributed by atoms with Crippen LogP contribution in [0.4, 0.5) is 0 Å². The van der Waals surface area contributed by atoms with Crippen LogP contribution < -0.4 is 0 Å². The first-order valence-corrected chi connectivity index (χ1v) is 4.31. The highest BCUT2D eigenvalue weighted by atomic mass is 35.5. The van der Waals surface area contributed by atoms with E-state index in [0.717, 1.165) is 11.5 Å².